The Labute approximate surface area is 131 Å². The lowest BCUT2D eigenvalue weighted by Gasteiger charge is -2.04. The third-order valence-corrected chi connectivity index (χ3v) is 4.58. The summed E-state index contributed by atoms with van der Waals surface area (Å²) < 4.78 is 29.6. The molecule has 0 saturated carbocycles. The summed E-state index contributed by atoms with van der Waals surface area (Å²) in [6.07, 6.45) is 14.5. The van der Waals surface area contributed by atoms with E-state index in [2.05, 4.69) is 0 Å². The maximum atomic E-state index is 10.5. The zero-order chi connectivity index (χ0) is 16.0. The highest BCUT2D eigenvalue weighted by atomic mass is 32.2. The molecule has 0 radical (unpaired) electrons. The monoisotopic (exact) mass is 322 g/mol. The molecule has 0 heterocycles. The normalized spacial score (nSPS) is 13.5. The number of aliphatic hydroxyl groups excluding tert-OH is 1. The van der Waals surface area contributed by atoms with Gasteiger partial charge in [-0.15, -0.1) is 0 Å². The van der Waals surface area contributed by atoms with Gasteiger partial charge in [-0.1, -0.05) is 70.6 Å². The largest absolute Gasteiger partial charge is 0.393 e. The molecule has 21 heavy (non-hydrogen) atoms. The van der Waals surface area contributed by atoms with Gasteiger partial charge >= 0.3 is 0 Å². The van der Waals surface area contributed by atoms with Crippen LogP contribution in [0.4, 0.5) is 0 Å². The molecular weight excluding hydrogens is 288 g/mol. The summed E-state index contributed by atoms with van der Waals surface area (Å²) in [4.78, 5) is 0. The van der Waals surface area contributed by atoms with Gasteiger partial charge in [-0.2, -0.15) is 8.42 Å². The van der Waals surface area contributed by atoms with Gasteiger partial charge < -0.3 is 5.11 Å². The van der Waals surface area contributed by atoms with E-state index in [1.807, 2.05) is 6.92 Å². The lowest BCUT2D eigenvalue weighted by Crippen LogP contribution is -2.03. The molecule has 0 saturated heterocycles. The summed E-state index contributed by atoms with van der Waals surface area (Å²) >= 11 is 0. The Bertz CT molecular complexity index is 312. The molecule has 0 spiro atoms. The molecular formula is C16H34O4S. The standard InChI is InChI=1S/C16H34O4S/c1-16(17)14-12-10-8-6-4-2-3-5-7-9-11-13-15-21(18,19)20/h16-17H,2-15H2,1H3,(H,18,19,20). The highest BCUT2D eigenvalue weighted by Gasteiger charge is 2.02. The van der Waals surface area contributed by atoms with Crippen molar-refractivity contribution in [3.8, 4) is 0 Å². The first kappa shape index (κ1) is 20.9. The van der Waals surface area contributed by atoms with Gasteiger partial charge in [-0.05, 0) is 19.8 Å². The maximum absolute atomic E-state index is 10.5. The lowest BCUT2D eigenvalue weighted by atomic mass is 10.0. The molecule has 0 fully saturated rings. The van der Waals surface area contributed by atoms with Crippen molar-refractivity contribution < 1.29 is 18.1 Å². The Hall–Kier alpha value is -0.130. The van der Waals surface area contributed by atoms with Crippen LogP contribution in [0.15, 0.2) is 0 Å². The van der Waals surface area contributed by atoms with Crippen LogP contribution in [-0.4, -0.2) is 29.9 Å². The molecule has 4 nitrogen and oxygen atoms in total. The van der Waals surface area contributed by atoms with Gasteiger partial charge in [0, 0.05) is 0 Å². The predicted molar refractivity (Wildman–Crippen MR) is 88.1 cm³/mol. The number of hydrogen-bond acceptors (Lipinski definition) is 3. The average molecular weight is 323 g/mol. The van der Waals surface area contributed by atoms with E-state index in [1.165, 1.54) is 51.4 Å². The quantitative estimate of drug-likeness (QED) is 0.348. The number of aliphatic hydroxyl groups is 1. The van der Waals surface area contributed by atoms with Gasteiger partial charge in [0.25, 0.3) is 10.1 Å². The maximum Gasteiger partial charge on any atom is 0.264 e. The first-order chi connectivity index (χ1) is 9.92. The molecule has 0 aromatic carbocycles. The summed E-state index contributed by atoms with van der Waals surface area (Å²) in [5.74, 6) is -0.0952. The highest BCUT2D eigenvalue weighted by molar-refractivity contribution is 7.85. The number of rotatable bonds is 15. The van der Waals surface area contributed by atoms with Crippen molar-refractivity contribution in [2.75, 3.05) is 5.75 Å². The minimum atomic E-state index is -3.76. The molecule has 1 unspecified atom stereocenters. The fourth-order valence-electron chi connectivity index (χ4n) is 2.49. The number of hydrogen-bond donors (Lipinski definition) is 2. The Morgan fingerprint density at radius 1 is 0.714 bits per heavy atom. The van der Waals surface area contributed by atoms with Crippen molar-refractivity contribution in [3.63, 3.8) is 0 Å². The first-order valence-corrected chi connectivity index (χ1v) is 10.2. The Morgan fingerprint density at radius 2 is 1.05 bits per heavy atom. The van der Waals surface area contributed by atoms with E-state index in [9.17, 15) is 8.42 Å². The van der Waals surface area contributed by atoms with Crippen molar-refractivity contribution in [3.05, 3.63) is 0 Å². The average Bonchev–Trinajstić information content (AvgIpc) is 2.37. The zero-order valence-electron chi connectivity index (χ0n) is 13.6. The predicted octanol–water partition coefficient (Wildman–Crippen LogP) is 4.33. The molecule has 0 rings (SSSR count). The molecule has 1 atom stereocenters. The van der Waals surface area contributed by atoms with Gasteiger partial charge in [0.1, 0.15) is 0 Å². The summed E-state index contributed by atoms with van der Waals surface area (Å²) in [5.41, 5.74) is 0. The molecule has 0 aromatic rings. The Morgan fingerprint density at radius 3 is 1.38 bits per heavy atom. The Kier molecular flexibility index (Phi) is 13.4. The molecule has 128 valence electrons. The van der Waals surface area contributed by atoms with Crippen LogP contribution in [0.5, 0.6) is 0 Å². The van der Waals surface area contributed by atoms with Gasteiger partial charge in [-0.3, -0.25) is 4.55 Å². The van der Waals surface area contributed by atoms with Gasteiger partial charge in [-0.25, -0.2) is 0 Å². The molecule has 0 aliphatic heterocycles. The van der Waals surface area contributed by atoms with E-state index in [0.29, 0.717) is 6.42 Å². The molecule has 0 aliphatic rings. The minimum Gasteiger partial charge on any atom is -0.393 e. The second-order valence-corrected chi connectivity index (χ2v) is 7.74. The summed E-state index contributed by atoms with van der Waals surface area (Å²) in [7, 11) is -3.76. The summed E-state index contributed by atoms with van der Waals surface area (Å²) in [5, 5.41) is 9.13. The first-order valence-electron chi connectivity index (χ1n) is 8.55. The van der Waals surface area contributed by atoms with Crippen LogP contribution in [0.1, 0.15) is 90.4 Å². The van der Waals surface area contributed by atoms with Crippen LogP contribution in [0, 0.1) is 0 Å². The van der Waals surface area contributed by atoms with Gasteiger partial charge in [0.05, 0.1) is 11.9 Å². The van der Waals surface area contributed by atoms with E-state index >= 15 is 0 Å². The van der Waals surface area contributed by atoms with Crippen LogP contribution in [0.2, 0.25) is 0 Å². The smallest absolute Gasteiger partial charge is 0.264 e. The molecule has 0 bridgehead atoms. The van der Waals surface area contributed by atoms with Crippen molar-refractivity contribution in [2.24, 2.45) is 0 Å². The highest BCUT2D eigenvalue weighted by Crippen LogP contribution is 2.13. The minimum absolute atomic E-state index is 0.0952. The SMILES string of the molecule is CC(O)CCCCCCCCCCCCCCS(=O)(=O)O. The van der Waals surface area contributed by atoms with Crippen LogP contribution in [0.3, 0.4) is 0 Å². The topological polar surface area (TPSA) is 74.6 Å². The van der Waals surface area contributed by atoms with E-state index in [4.69, 9.17) is 9.66 Å². The van der Waals surface area contributed by atoms with E-state index in [-0.39, 0.29) is 11.9 Å². The molecule has 5 heteroatoms. The van der Waals surface area contributed by atoms with Gasteiger partial charge in [0.2, 0.25) is 0 Å². The molecule has 0 aromatic heterocycles. The lowest BCUT2D eigenvalue weighted by molar-refractivity contribution is 0.180. The van der Waals surface area contributed by atoms with Crippen molar-refractivity contribution in [2.45, 2.75) is 96.5 Å². The molecule has 2 N–H and O–H groups in total. The number of unbranched alkanes of at least 4 members (excludes halogenated alkanes) is 11. The van der Waals surface area contributed by atoms with Crippen LogP contribution in [-0.2, 0) is 10.1 Å². The van der Waals surface area contributed by atoms with Crippen molar-refractivity contribution >= 4 is 10.1 Å². The third kappa shape index (κ3) is 19.9. The second-order valence-electron chi connectivity index (χ2n) is 6.17. The molecule has 0 amide bonds. The van der Waals surface area contributed by atoms with E-state index < -0.39 is 10.1 Å². The second kappa shape index (κ2) is 13.5. The fourth-order valence-corrected chi connectivity index (χ4v) is 3.06. The van der Waals surface area contributed by atoms with Crippen LogP contribution >= 0.6 is 0 Å². The van der Waals surface area contributed by atoms with E-state index in [0.717, 1.165) is 25.7 Å². The third-order valence-electron chi connectivity index (χ3n) is 3.77. The van der Waals surface area contributed by atoms with Crippen molar-refractivity contribution in [1.29, 1.82) is 0 Å². The van der Waals surface area contributed by atoms with Gasteiger partial charge in [0.15, 0.2) is 0 Å². The molecule has 0 aliphatic carbocycles. The zero-order valence-corrected chi connectivity index (χ0v) is 14.4. The van der Waals surface area contributed by atoms with Crippen LogP contribution in [0.25, 0.3) is 0 Å². The Balaban J connectivity index is 3.06. The summed E-state index contributed by atoms with van der Waals surface area (Å²) in [6, 6.07) is 0. The fraction of sp³-hybridized carbons (Fsp3) is 1.00. The summed E-state index contributed by atoms with van der Waals surface area (Å²) in [6.45, 7) is 1.85. The van der Waals surface area contributed by atoms with E-state index in [1.54, 1.807) is 0 Å². The van der Waals surface area contributed by atoms with Crippen LogP contribution < -0.4 is 0 Å². The van der Waals surface area contributed by atoms with Crippen molar-refractivity contribution in [1.82, 2.24) is 0 Å².